The molecule has 0 saturated carbocycles. The molecule has 0 radical (unpaired) electrons. The number of fused-ring (bicyclic) bond motifs is 9. The van der Waals surface area contributed by atoms with Gasteiger partial charge in [0.2, 0.25) is 11.4 Å². The molecule has 4 nitrogen and oxygen atoms in total. The number of aryl methyl sites for hydroxylation is 1. The average molecular weight is 555 g/mol. The summed E-state index contributed by atoms with van der Waals surface area (Å²) in [5.74, 6) is 0.215. The molecule has 8 aromatic rings. The van der Waals surface area contributed by atoms with Gasteiger partial charge in [-0.2, -0.15) is 4.57 Å². The molecule has 1 aliphatic rings. The zero-order valence-corrected chi connectivity index (χ0v) is 24.2. The minimum absolute atomic E-state index is 0.00891. The van der Waals surface area contributed by atoms with Crippen molar-refractivity contribution in [1.82, 2.24) is 9.38 Å². The van der Waals surface area contributed by atoms with Gasteiger partial charge in [-0.15, -0.1) is 0 Å². The van der Waals surface area contributed by atoms with Gasteiger partial charge in [0.05, 0.1) is 22.3 Å². The maximum atomic E-state index is 5.61. The highest BCUT2D eigenvalue weighted by atomic mass is 15.0. The van der Waals surface area contributed by atoms with E-state index >= 15 is 0 Å². The molecule has 0 N–H and O–H groups in total. The third-order valence-corrected chi connectivity index (χ3v) is 9.58. The maximum absolute atomic E-state index is 5.61. The van der Waals surface area contributed by atoms with E-state index in [-0.39, 0.29) is 12.0 Å². The molecule has 0 bridgehead atoms. The molecule has 0 aliphatic carbocycles. The standard InChI is InChI=1S/C39H30N4/c1-24-26-13-4-5-14-27(26)34-19-9-11-22-42(34)37(24)25(2)36-32(33-18-8-10-21-41(33)3)23-31-30-17-12-16-29-28-15-6-7-20-35(28)43(38(29)30)39(31)40-36/h4-24,37H,2H2,1,3H3/q+2. The highest BCUT2D eigenvalue weighted by molar-refractivity contribution is 6.23. The van der Waals surface area contributed by atoms with Gasteiger partial charge in [-0.1, -0.05) is 68.1 Å². The Morgan fingerprint density at radius 3 is 2.28 bits per heavy atom. The molecule has 3 aromatic carbocycles. The number of rotatable bonds is 3. The fourth-order valence-corrected chi connectivity index (χ4v) is 7.65. The van der Waals surface area contributed by atoms with Crippen molar-refractivity contribution in [2.45, 2.75) is 18.9 Å². The van der Waals surface area contributed by atoms with Crippen LogP contribution in [0.4, 0.5) is 0 Å². The van der Waals surface area contributed by atoms with Gasteiger partial charge in [-0.3, -0.25) is 4.40 Å². The Bertz CT molecular complexity index is 2410. The Morgan fingerprint density at radius 2 is 1.42 bits per heavy atom. The Hall–Kier alpha value is -5.35. The van der Waals surface area contributed by atoms with Gasteiger partial charge in [-0.05, 0) is 35.9 Å². The average Bonchev–Trinajstić information content (AvgIpc) is 3.56. The van der Waals surface area contributed by atoms with Crippen LogP contribution in [0.25, 0.3) is 66.3 Å². The van der Waals surface area contributed by atoms with Crippen LogP contribution in [0.15, 0.2) is 128 Å². The summed E-state index contributed by atoms with van der Waals surface area (Å²) < 4.78 is 6.95. The van der Waals surface area contributed by atoms with E-state index < -0.39 is 0 Å². The zero-order chi connectivity index (χ0) is 28.8. The molecule has 4 heteroatoms. The van der Waals surface area contributed by atoms with Crippen molar-refractivity contribution >= 4 is 43.8 Å². The predicted octanol–water partition coefficient (Wildman–Crippen LogP) is 8.05. The molecule has 5 aromatic heterocycles. The summed E-state index contributed by atoms with van der Waals surface area (Å²) in [6.07, 6.45) is 4.31. The zero-order valence-electron chi connectivity index (χ0n) is 24.2. The van der Waals surface area contributed by atoms with E-state index in [1.54, 1.807) is 0 Å². The maximum Gasteiger partial charge on any atom is 0.214 e. The smallest absolute Gasteiger partial charge is 0.214 e. The Labute approximate surface area is 249 Å². The summed E-state index contributed by atoms with van der Waals surface area (Å²) >= 11 is 0. The predicted molar refractivity (Wildman–Crippen MR) is 174 cm³/mol. The van der Waals surface area contributed by atoms with E-state index in [1.165, 1.54) is 44.0 Å². The lowest BCUT2D eigenvalue weighted by Crippen LogP contribution is -2.47. The van der Waals surface area contributed by atoms with Gasteiger partial charge in [0, 0.05) is 62.9 Å². The topological polar surface area (TPSA) is 25.1 Å². The number of pyridine rings is 3. The van der Waals surface area contributed by atoms with E-state index in [2.05, 4.69) is 149 Å². The van der Waals surface area contributed by atoms with Crippen molar-refractivity contribution in [3.63, 3.8) is 0 Å². The highest BCUT2D eigenvalue weighted by Gasteiger charge is 2.41. The first kappa shape index (κ1) is 24.3. The Balaban J connectivity index is 1.38. The molecular formula is C39H30N4+2. The normalized spacial score (nSPS) is 16.2. The van der Waals surface area contributed by atoms with Crippen LogP contribution in [0.3, 0.4) is 0 Å². The van der Waals surface area contributed by atoms with E-state index in [0.717, 1.165) is 33.6 Å². The van der Waals surface area contributed by atoms with E-state index in [4.69, 9.17) is 11.6 Å². The van der Waals surface area contributed by atoms with E-state index in [0.29, 0.717) is 0 Å². The molecule has 0 saturated heterocycles. The van der Waals surface area contributed by atoms with Crippen LogP contribution in [-0.4, -0.2) is 9.38 Å². The summed E-state index contributed by atoms with van der Waals surface area (Å²) in [6.45, 7) is 7.18. The molecular weight excluding hydrogens is 524 g/mol. The molecule has 2 atom stereocenters. The first-order valence-electron chi connectivity index (χ1n) is 14.9. The minimum Gasteiger partial charge on any atom is -0.293 e. The lowest BCUT2D eigenvalue weighted by atomic mass is 9.80. The van der Waals surface area contributed by atoms with Crippen LogP contribution in [0.1, 0.15) is 30.1 Å². The van der Waals surface area contributed by atoms with E-state index in [9.17, 15) is 0 Å². The third kappa shape index (κ3) is 3.23. The van der Waals surface area contributed by atoms with Crippen LogP contribution in [-0.2, 0) is 7.05 Å². The van der Waals surface area contributed by atoms with Crippen LogP contribution >= 0.6 is 0 Å². The van der Waals surface area contributed by atoms with Gasteiger partial charge in [0.15, 0.2) is 18.4 Å². The van der Waals surface area contributed by atoms with Gasteiger partial charge in [0.25, 0.3) is 0 Å². The fraction of sp³-hybridized carbons (Fsp3) is 0.103. The second-order valence-electron chi connectivity index (χ2n) is 11.8. The SMILES string of the molecule is C=C(c1nc2c(cc1-c1cccc[n+]1C)c1cccc3c4ccccc4n2c31)C1C(C)c2ccccc2-c2cccc[n+]21. The van der Waals surface area contributed by atoms with Crippen molar-refractivity contribution in [2.24, 2.45) is 7.05 Å². The summed E-state index contributed by atoms with van der Waals surface area (Å²) in [4.78, 5) is 5.61. The molecule has 6 heterocycles. The van der Waals surface area contributed by atoms with Crippen molar-refractivity contribution < 1.29 is 9.13 Å². The number of nitrogens with zero attached hydrogens (tertiary/aromatic N) is 4. The summed E-state index contributed by atoms with van der Waals surface area (Å²) in [6, 6.07) is 39.3. The van der Waals surface area contributed by atoms with Crippen molar-refractivity contribution in [2.75, 3.05) is 0 Å². The highest BCUT2D eigenvalue weighted by Crippen LogP contribution is 2.46. The molecule has 0 spiro atoms. The molecule has 204 valence electrons. The van der Waals surface area contributed by atoms with E-state index in [1.807, 2.05) is 0 Å². The van der Waals surface area contributed by atoms with Crippen LogP contribution < -0.4 is 9.13 Å². The summed E-state index contributed by atoms with van der Waals surface area (Å²) in [7, 11) is 2.11. The van der Waals surface area contributed by atoms with Gasteiger partial charge in [0.1, 0.15) is 12.7 Å². The van der Waals surface area contributed by atoms with Crippen LogP contribution in [0.5, 0.6) is 0 Å². The second kappa shape index (κ2) is 8.83. The Morgan fingerprint density at radius 1 is 0.721 bits per heavy atom. The monoisotopic (exact) mass is 554 g/mol. The summed E-state index contributed by atoms with van der Waals surface area (Å²) in [5.41, 5.74) is 11.4. The first-order valence-corrected chi connectivity index (χ1v) is 14.9. The third-order valence-electron chi connectivity index (χ3n) is 9.58. The molecule has 1 aliphatic heterocycles. The quantitative estimate of drug-likeness (QED) is 0.203. The Kier molecular flexibility index (Phi) is 4.98. The largest absolute Gasteiger partial charge is 0.293 e. The van der Waals surface area contributed by atoms with Gasteiger partial charge < -0.3 is 0 Å². The molecule has 9 rings (SSSR count). The summed E-state index contributed by atoms with van der Waals surface area (Å²) in [5, 5.41) is 4.91. The van der Waals surface area contributed by atoms with Crippen molar-refractivity contribution in [3.8, 4) is 22.5 Å². The number of aromatic nitrogens is 4. The number of para-hydroxylation sites is 2. The van der Waals surface area contributed by atoms with Crippen molar-refractivity contribution in [3.05, 3.63) is 139 Å². The fourth-order valence-electron chi connectivity index (χ4n) is 7.65. The molecule has 0 fully saturated rings. The van der Waals surface area contributed by atoms with Crippen molar-refractivity contribution in [1.29, 1.82) is 0 Å². The molecule has 0 amide bonds. The lowest BCUT2D eigenvalue weighted by molar-refractivity contribution is -0.703. The first-order chi connectivity index (χ1) is 21.1. The van der Waals surface area contributed by atoms with Gasteiger partial charge in [-0.25, -0.2) is 9.55 Å². The number of hydrogen-bond acceptors (Lipinski definition) is 1. The molecule has 43 heavy (non-hydrogen) atoms. The molecule has 2 unspecified atom stereocenters. The van der Waals surface area contributed by atoms with Gasteiger partial charge >= 0.3 is 0 Å². The minimum atomic E-state index is 0.00891. The van der Waals surface area contributed by atoms with Crippen LogP contribution in [0.2, 0.25) is 0 Å². The number of allylic oxidation sites excluding steroid dienone is 1. The number of benzene rings is 3. The van der Waals surface area contributed by atoms with Crippen LogP contribution in [0, 0.1) is 0 Å². The second-order valence-corrected chi connectivity index (χ2v) is 11.8. The number of hydrogen-bond donors (Lipinski definition) is 0. The lowest BCUT2D eigenvalue weighted by Gasteiger charge is -2.29.